The summed E-state index contributed by atoms with van der Waals surface area (Å²) >= 11 is 0. The second-order valence-electron chi connectivity index (χ2n) is 6.47. The maximum absolute atomic E-state index is 4.47. The quantitative estimate of drug-likeness (QED) is 0.896. The zero-order valence-electron chi connectivity index (χ0n) is 14.1. The lowest BCUT2D eigenvalue weighted by atomic mass is 10.0. The van der Waals surface area contributed by atoms with Gasteiger partial charge in [-0.05, 0) is 26.8 Å². The van der Waals surface area contributed by atoms with Crippen LogP contribution in [0.3, 0.4) is 0 Å². The van der Waals surface area contributed by atoms with E-state index in [1.54, 1.807) is 0 Å². The van der Waals surface area contributed by atoms with Gasteiger partial charge in [0, 0.05) is 50.5 Å². The predicted octanol–water partition coefficient (Wildman–Crippen LogP) is 1.78. The summed E-state index contributed by atoms with van der Waals surface area (Å²) in [6.07, 6.45) is 0. The highest BCUT2D eigenvalue weighted by atomic mass is 15.3. The molecule has 0 bridgehead atoms. The molecule has 5 heteroatoms. The molecule has 0 aromatic carbocycles. The Kier molecular flexibility index (Phi) is 5.53. The standard InChI is InChI=1S/C16H29N5/c1-12(2)15(21-8-6-20(5)7-9-21)11-17-16-10-13(3)18-14(4)19-16/h10,12,15H,6-9,11H2,1-5H3,(H,17,18,19). The number of likely N-dealkylation sites (N-methyl/N-ethyl adjacent to an activating group) is 1. The summed E-state index contributed by atoms with van der Waals surface area (Å²) in [5, 5.41) is 3.51. The highest BCUT2D eigenvalue weighted by Gasteiger charge is 2.24. The number of anilines is 1. The molecule has 1 aromatic heterocycles. The molecule has 1 aliphatic heterocycles. The van der Waals surface area contributed by atoms with Crippen molar-refractivity contribution in [3.05, 3.63) is 17.6 Å². The maximum Gasteiger partial charge on any atom is 0.129 e. The van der Waals surface area contributed by atoms with E-state index in [0.29, 0.717) is 12.0 Å². The van der Waals surface area contributed by atoms with Gasteiger partial charge in [-0.25, -0.2) is 9.97 Å². The number of aromatic nitrogens is 2. The van der Waals surface area contributed by atoms with Crippen molar-refractivity contribution in [1.82, 2.24) is 19.8 Å². The highest BCUT2D eigenvalue weighted by Crippen LogP contribution is 2.15. The molecule has 1 unspecified atom stereocenters. The lowest BCUT2D eigenvalue weighted by Crippen LogP contribution is -2.52. The van der Waals surface area contributed by atoms with Crippen molar-refractivity contribution in [1.29, 1.82) is 0 Å². The van der Waals surface area contributed by atoms with E-state index in [1.807, 2.05) is 19.9 Å². The average molecular weight is 291 g/mol. The van der Waals surface area contributed by atoms with Crippen LogP contribution in [-0.2, 0) is 0 Å². The molecule has 1 fully saturated rings. The lowest BCUT2D eigenvalue weighted by Gasteiger charge is -2.40. The van der Waals surface area contributed by atoms with E-state index < -0.39 is 0 Å². The molecule has 2 rings (SSSR count). The molecule has 21 heavy (non-hydrogen) atoms. The largest absolute Gasteiger partial charge is 0.368 e. The molecule has 1 aromatic rings. The number of nitrogens with one attached hydrogen (secondary N) is 1. The van der Waals surface area contributed by atoms with Gasteiger partial charge >= 0.3 is 0 Å². The molecule has 1 atom stereocenters. The molecule has 0 spiro atoms. The minimum atomic E-state index is 0.550. The molecule has 0 saturated carbocycles. The van der Waals surface area contributed by atoms with Gasteiger partial charge in [0.2, 0.25) is 0 Å². The number of piperazine rings is 1. The highest BCUT2D eigenvalue weighted by molar-refractivity contribution is 5.35. The minimum Gasteiger partial charge on any atom is -0.368 e. The predicted molar refractivity (Wildman–Crippen MR) is 87.7 cm³/mol. The van der Waals surface area contributed by atoms with Crippen LogP contribution in [0.5, 0.6) is 0 Å². The number of aryl methyl sites for hydroxylation is 2. The monoisotopic (exact) mass is 291 g/mol. The summed E-state index contributed by atoms with van der Waals surface area (Å²) in [5.74, 6) is 2.41. The first-order valence-electron chi connectivity index (χ1n) is 7.94. The molecular weight excluding hydrogens is 262 g/mol. The Labute approximate surface area is 128 Å². The summed E-state index contributed by atoms with van der Waals surface area (Å²) in [6.45, 7) is 14.1. The molecule has 0 amide bonds. The van der Waals surface area contributed by atoms with Crippen LogP contribution >= 0.6 is 0 Å². The molecule has 5 nitrogen and oxygen atoms in total. The van der Waals surface area contributed by atoms with Crippen LogP contribution in [0.2, 0.25) is 0 Å². The van der Waals surface area contributed by atoms with Gasteiger partial charge in [-0.1, -0.05) is 13.8 Å². The first-order valence-corrected chi connectivity index (χ1v) is 7.94. The van der Waals surface area contributed by atoms with Crippen LogP contribution in [0.15, 0.2) is 6.07 Å². The van der Waals surface area contributed by atoms with Crippen LogP contribution in [0.25, 0.3) is 0 Å². The Hall–Kier alpha value is -1.20. The van der Waals surface area contributed by atoms with Crippen molar-refractivity contribution in [2.75, 3.05) is 45.1 Å². The smallest absolute Gasteiger partial charge is 0.129 e. The van der Waals surface area contributed by atoms with Gasteiger partial charge < -0.3 is 10.2 Å². The van der Waals surface area contributed by atoms with Gasteiger partial charge in [0.1, 0.15) is 11.6 Å². The number of hydrogen-bond donors (Lipinski definition) is 1. The Balaban J connectivity index is 1.96. The van der Waals surface area contributed by atoms with Crippen LogP contribution in [0, 0.1) is 19.8 Å². The van der Waals surface area contributed by atoms with Crippen LogP contribution in [0.1, 0.15) is 25.4 Å². The fourth-order valence-electron chi connectivity index (χ4n) is 2.96. The van der Waals surface area contributed by atoms with Crippen molar-refractivity contribution >= 4 is 5.82 Å². The Morgan fingerprint density at radius 3 is 2.38 bits per heavy atom. The van der Waals surface area contributed by atoms with Gasteiger partial charge in [-0.3, -0.25) is 4.90 Å². The summed E-state index contributed by atoms with van der Waals surface area (Å²) in [5.41, 5.74) is 1.02. The third-order valence-electron chi connectivity index (χ3n) is 4.23. The number of hydrogen-bond acceptors (Lipinski definition) is 5. The first-order chi connectivity index (χ1) is 9.95. The SMILES string of the molecule is Cc1cc(NCC(C(C)C)N2CCN(C)CC2)nc(C)n1. The normalized spacial score (nSPS) is 19.0. The fraction of sp³-hybridized carbons (Fsp3) is 0.750. The van der Waals surface area contributed by atoms with Crippen molar-refractivity contribution in [3.63, 3.8) is 0 Å². The summed E-state index contributed by atoms with van der Waals surface area (Å²) in [7, 11) is 2.20. The van der Waals surface area contributed by atoms with Gasteiger partial charge in [0.05, 0.1) is 0 Å². The van der Waals surface area contributed by atoms with Gasteiger partial charge in [-0.2, -0.15) is 0 Å². The Morgan fingerprint density at radius 1 is 1.14 bits per heavy atom. The van der Waals surface area contributed by atoms with E-state index in [1.165, 1.54) is 0 Å². The molecule has 118 valence electrons. The third kappa shape index (κ3) is 4.64. The number of nitrogens with zero attached hydrogens (tertiary/aromatic N) is 4. The Morgan fingerprint density at radius 2 is 1.81 bits per heavy atom. The van der Waals surface area contributed by atoms with Gasteiger partial charge in [-0.15, -0.1) is 0 Å². The van der Waals surface area contributed by atoms with Crippen molar-refractivity contribution in [2.24, 2.45) is 5.92 Å². The van der Waals surface area contributed by atoms with Crippen molar-refractivity contribution in [3.8, 4) is 0 Å². The summed E-state index contributed by atoms with van der Waals surface area (Å²) in [6, 6.07) is 2.57. The lowest BCUT2D eigenvalue weighted by molar-refractivity contribution is 0.0944. The molecule has 1 saturated heterocycles. The van der Waals surface area contributed by atoms with E-state index in [4.69, 9.17) is 0 Å². The molecule has 1 N–H and O–H groups in total. The van der Waals surface area contributed by atoms with E-state index in [-0.39, 0.29) is 0 Å². The van der Waals surface area contributed by atoms with Crippen molar-refractivity contribution in [2.45, 2.75) is 33.7 Å². The van der Waals surface area contributed by atoms with Crippen LogP contribution in [-0.4, -0.2) is 65.6 Å². The van der Waals surface area contributed by atoms with E-state index in [9.17, 15) is 0 Å². The minimum absolute atomic E-state index is 0.550. The second-order valence-corrected chi connectivity index (χ2v) is 6.47. The third-order valence-corrected chi connectivity index (χ3v) is 4.23. The number of rotatable bonds is 5. The van der Waals surface area contributed by atoms with Crippen LogP contribution < -0.4 is 5.32 Å². The van der Waals surface area contributed by atoms with E-state index in [0.717, 1.165) is 50.1 Å². The first kappa shape index (κ1) is 16.2. The molecule has 0 radical (unpaired) electrons. The maximum atomic E-state index is 4.47. The second kappa shape index (κ2) is 7.18. The van der Waals surface area contributed by atoms with Gasteiger partial charge in [0.15, 0.2) is 0 Å². The molecule has 0 aliphatic carbocycles. The van der Waals surface area contributed by atoms with Crippen molar-refractivity contribution < 1.29 is 0 Å². The van der Waals surface area contributed by atoms with Gasteiger partial charge in [0.25, 0.3) is 0 Å². The summed E-state index contributed by atoms with van der Waals surface area (Å²) in [4.78, 5) is 13.8. The summed E-state index contributed by atoms with van der Waals surface area (Å²) < 4.78 is 0. The molecule has 2 heterocycles. The zero-order chi connectivity index (χ0) is 15.4. The van der Waals surface area contributed by atoms with Crippen LogP contribution in [0.4, 0.5) is 5.82 Å². The topological polar surface area (TPSA) is 44.3 Å². The Bertz CT molecular complexity index is 432. The van der Waals surface area contributed by atoms with E-state index >= 15 is 0 Å². The van der Waals surface area contributed by atoms with E-state index in [2.05, 4.69) is 46.0 Å². The zero-order valence-corrected chi connectivity index (χ0v) is 14.1. The fourth-order valence-corrected chi connectivity index (χ4v) is 2.96. The average Bonchev–Trinajstić information content (AvgIpc) is 2.39. The molecular formula is C16H29N5. The molecule has 1 aliphatic rings.